The second kappa shape index (κ2) is 9.97. The molecule has 4 aromatic rings. The monoisotopic (exact) mass is 582 g/mol. The average molecular weight is 583 g/mol. The van der Waals surface area contributed by atoms with Crippen molar-refractivity contribution in [1.82, 2.24) is 4.98 Å². The van der Waals surface area contributed by atoms with Crippen LogP contribution in [0.4, 0.5) is 18.9 Å². The SMILES string of the molecule is Cc1ccc(COc2ccccc2[C@@H]2c3sc(=O)[nH]c3S[C@H]3C(=O)N(c4ccccc4C(F)(F)F)C(=O)[C@@H]23)cc1. The van der Waals surface area contributed by atoms with E-state index >= 15 is 0 Å². The number of aromatic amines is 1. The molecule has 3 heterocycles. The number of fused-ring (bicyclic) bond motifs is 2. The van der Waals surface area contributed by atoms with Gasteiger partial charge in [0.05, 0.1) is 22.2 Å². The lowest BCUT2D eigenvalue weighted by molar-refractivity contribution is -0.137. The van der Waals surface area contributed by atoms with Crippen molar-refractivity contribution in [2.45, 2.75) is 35.9 Å². The molecular formula is C29H21F3N2O4S2. The Hall–Kier alpha value is -3.83. The first kappa shape index (κ1) is 26.4. The quantitative estimate of drug-likeness (QED) is 0.286. The highest BCUT2D eigenvalue weighted by Gasteiger charge is 2.57. The molecule has 6 rings (SSSR count). The molecule has 1 saturated heterocycles. The second-order valence-corrected chi connectivity index (χ2v) is 11.8. The highest BCUT2D eigenvalue weighted by Crippen LogP contribution is 2.55. The van der Waals surface area contributed by atoms with Crippen LogP contribution in [0.3, 0.4) is 0 Å². The number of nitrogens with one attached hydrogen (secondary N) is 1. The number of thioether (sulfide) groups is 1. The Labute approximate surface area is 234 Å². The molecule has 6 nitrogen and oxygen atoms in total. The molecule has 2 aliphatic rings. The lowest BCUT2D eigenvalue weighted by Crippen LogP contribution is -2.33. The fraction of sp³-hybridized carbons (Fsp3) is 0.207. The maximum atomic E-state index is 14.0. The van der Waals surface area contributed by atoms with Crippen molar-refractivity contribution in [3.63, 3.8) is 0 Å². The minimum absolute atomic E-state index is 0.237. The van der Waals surface area contributed by atoms with Gasteiger partial charge in [0.15, 0.2) is 0 Å². The fourth-order valence-electron chi connectivity index (χ4n) is 5.21. The van der Waals surface area contributed by atoms with E-state index in [4.69, 9.17) is 4.74 Å². The van der Waals surface area contributed by atoms with Crippen molar-refractivity contribution in [2.75, 3.05) is 4.90 Å². The normalized spacial score (nSPS) is 20.4. The molecule has 3 atom stereocenters. The van der Waals surface area contributed by atoms with Crippen LogP contribution in [-0.2, 0) is 22.4 Å². The molecule has 0 saturated carbocycles. The summed E-state index contributed by atoms with van der Waals surface area (Å²) in [4.78, 5) is 43.6. The van der Waals surface area contributed by atoms with Gasteiger partial charge < -0.3 is 9.72 Å². The number of thiazole rings is 1. The summed E-state index contributed by atoms with van der Waals surface area (Å²) in [5.74, 6) is -2.86. The number of rotatable bonds is 5. The number of carbonyl (C=O) groups is 2. The molecule has 11 heteroatoms. The van der Waals surface area contributed by atoms with Gasteiger partial charge in [-0.3, -0.25) is 14.4 Å². The van der Waals surface area contributed by atoms with E-state index in [1.807, 2.05) is 31.2 Å². The second-order valence-electron chi connectivity index (χ2n) is 9.59. The first-order valence-electron chi connectivity index (χ1n) is 12.3. The van der Waals surface area contributed by atoms with Crippen molar-refractivity contribution < 1.29 is 27.5 Å². The Bertz CT molecular complexity index is 1680. The lowest BCUT2D eigenvalue weighted by Gasteiger charge is -2.30. The molecule has 1 N–H and O–H groups in total. The standard InChI is InChI=1S/C29H21F3N2O4S2/c1-15-10-12-16(13-11-15)14-38-20-9-5-2-6-17(20)21-22-24(39-25-23(21)40-28(37)33-25)27(36)34(26(22)35)19-8-4-3-7-18(19)29(30,31)32/h2-13,21-22,24H,14H2,1H3,(H,33,37)/t21-,22-,24+/m0/s1. The number of hydrogen-bond donors (Lipinski definition) is 1. The van der Waals surface area contributed by atoms with Crippen molar-refractivity contribution in [3.8, 4) is 5.75 Å². The first-order valence-corrected chi connectivity index (χ1v) is 14.0. The fourth-order valence-corrected chi connectivity index (χ4v) is 7.72. The van der Waals surface area contributed by atoms with Gasteiger partial charge in [0.25, 0.3) is 0 Å². The highest BCUT2D eigenvalue weighted by atomic mass is 32.2. The first-order chi connectivity index (χ1) is 19.1. The summed E-state index contributed by atoms with van der Waals surface area (Å²) in [6.45, 7) is 2.22. The third kappa shape index (κ3) is 4.52. The van der Waals surface area contributed by atoms with Crippen LogP contribution < -0.4 is 14.5 Å². The number of carbonyl (C=O) groups excluding carboxylic acids is 2. The molecule has 40 heavy (non-hydrogen) atoms. The molecule has 3 aromatic carbocycles. The maximum Gasteiger partial charge on any atom is 0.418 e. The van der Waals surface area contributed by atoms with Crippen molar-refractivity contribution in [1.29, 1.82) is 0 Å². The number of H-pyrrole nitrogens is 1. The van der Waals surface area contributed by atoms with Gasteiger partial charge in [0.1, 0.15) is 17.6 Å². The number of anilines is 1. The average Bonchev–Trinajstić information content (AvgIpc) is 3.42. The Morgan fingerprint density at radius 1 is 0.925 bits per heavy atom. The predicted octanol–water partition coefficient (Wildman–Crippen LogP) is 6.14. The molecular weight excluding hydrogens is 561 g/mol. The van der Waals surface area contributed by atoms with Crippen LogP contribution in [0.25, 0.3) is 0 Å². The van der Waals surface area contributed by atoms with Gasteiger partial charge in [-0.2, -0.15) is 13.2 Å². The van der Waals surface area contributed by atoms with Crippen LogP contribution in [0.2, 0.25) is 0 Å². The number of alkyl halides is 3. The van der Waals surface area contributed by atoms with Crippen LogP contribution in [0, 0.1) is 12.8 Å². The minimum atomic E-state index is -4.77. The molecule has 1 fully saturated rings. The molecule has 0 bridgehead atoms. The summed E-state index contributed by atoms with van der Waals surface area (Å²) in [5, 5.41) is -0.594. The van der Waals surface area contributed by atoms with E-state index in [0.29, 0.717) is 26.1 Å². The third-order valence-electron chi connectivity index (χ3n) is 7.04. The zero-order valence-corrected chi connectivity index (χ0v) is 22.5. The number of aromatic nitrogens is 1. The highest BCUT2D eigenvalue weighted by molar-refractivity contribution is 8.00. The van der Waals surface area contributed by atoms with Crippen LogP contribution in [0.1, 0.15) is 33.0 Å². The van der Waals surface area contributed by atoms with Crippen LogP contribution >= 0.6 is 23.1 Å². The number of hydrogen-bond acceptors (Lipinski definition) is 6. The lowest BCUT2D eigenvalue weighted by atomic mass is 9.82. The molecule has 2 aliphatic heterocycles. The summed E-state index contributed by atoms with van der Waals surface area (Å²) < 4.78 is 47.8. The smallest absolute Gasteiger partial charge is 0.418 e. The molecule has 204 valence electrons. The molecule has 2 amide bonds. The van der Waals surface area contributed by atoms with Gasteiger partial charge >= 0.3 is 11.0 Å². The number of para-hydroxylation sites is 2. The predicted molar refractivity (Wildman–Crippen MR) is 146 cm³/mol. The number of imide groups is 1. The Morgan fingerprint density at radius 2 is 1.62 bits per heavy atom. The molecule has 0 radical (unpaired) electrons. The Morgan fingerprint density at radius 3 is 2.38 bits per heavy atom. The number of aryl methyl sites for hydroxylation is 1. The van der Waals surface area contributed by atoms with E-state index in [0.717, 1.165) is 46.4 Å². The number of amides is 2. The van der Waals surface area contributed by atoms with Gasteiger partial charge in [-0.05, 0) is 30.7 Å². The topological polar surface area (TPSA) is 79.5 Å². The summed E-state index contributed by atoms with van der Waals surface area (Å²) >= 11 is 1.93. The van der Waals surface area contributed by atoms with Crippen LogP contribution in [0.5, 0.6) is 5.75 Å². The van der Waals surface area contributed by atoms with Gasteiger partial charge in [-0.1, -0.05) is 83.3 Å². The van der Waals surface area contributed by atoms with Gasteiger partial charge in [-0.25, -0.2) is 4.90 Å². The summed E-state index contributed by atoms with van der Waals surface area (Å²) in [6, 6.07) is 19.4. The summed E-state index contributed by atoms with van der Waals surface area (Å²) in [7, 11) is 0. The van der Waals surface area contributed by atoms with Crippen LogP contribution in [-0.4, -0.2) is 22.0 Å². The number of ether oxygens (including phenoxy) is 1. The Balaban J connectivity index is 1.44. The van der Waals surface area contributed by atoms with Crippen LogP contribution in [0.15, 0.2) is 82.6 Å². The molecule has 0 aliphatic carbocycles. The van der Waals surface area contributed by atoms with E-state index in [-0.39, 0.29) is 11.5 Å². The molecule has 0 unspecified atom stereocenters. The van der Waals surface area contributed by atoms with Gasteiger partial charge in [0, 0.05) is 16.4 Å². The van der Waals surface area contributed by atoms with Gasteiger partial charge in [-0.15, -0.1) is 0 Å². The number of halogens is 3. The Kier molecular flexibility index (Phi) is 6.58. The summed E-state index contributed by atoms with van der Waals surface area (Å²) in [5.41, 5.74) is 1.03. The van der Waals surface area contributed by atoms with E-state index in [1.165, 1.54) is 12.1 Å². The van der Waals surface area contributed by atoms with Gasteiger partial charge in [0.2, 0.25) is 11.8 Å². The zero-order chi connectivity index (χ0) is 28.2. The number of nitrogens with zero attached hydrogens (tertiary/aromatic N) is 1. The van der Waals surface area contributed by atoms with E-state index < -0.39 is 46.3 Å². The maximum absolute atomic E-state index is 14.0. The van der Waals surface area contributed by atoms with E-state index in [2.05, 4.69) is 4.98 Å². The summed E-state index contributed by atoms with van der Waals surface area (Å²) in [6.07, 6.45) is -4.77. The largest absolute Gasteiger partial charge is 0.489 e. The minimum Gasteiger partial charge on any atom is -0.489 e. The molecule has 0 spiro atoms. The third-order valence-corrected chi connectivity index (χ3v) is 9.44. The van der Waals surface area contributed by atoms with Crippen molar-refractivity contribution in [2.24, 2.45) is 5.92 Å². The van der Waals surface area contributed by atoms with E-state index in [9.17, 15) is 27.6 Å². The number of benzene rings is 3. The van der Waals surface area contributed by atoms with E-state index in [1.54, 1.807) is 24.3 Å². The van der Waals surface area contributed by atoms with Crippen molar-refractivity contribution in [3.05, 3.63) is 110 Å². The zero-order valence-electron chi connectivity index (χ0n) is 20.9. The molecule has 1 aromatic heterocycles. The van der Waals surface area contributed by atoms with Crippen molar-refractivity contribution >= 4 is 40.6 Å².